The lowest BCUT2D eigenvalue weighted by atomic mass is 9.98. The van der Waals surface area contributed by atoms with Gasteiger partial charge < -0.3 is 16.0 Å². The van der Waals surface area contributed by atoms with Crippen LogP contribution in [0.4, 0.5) is 23.7 Å². The summed E-state index contributed by atoms with van der Waals surface area (Å²) in [7, 11) is 0. The first-order valence-corrected chi connectivity index (χ1v) is 6.78. The second-order valence-corrected chi connectivity index (χ2v) is 5.13. The fourth-order valence-electron chi connectivity index (χ4n) is 2.18. The smallest absolute Gasteiger partial charge is 0.332 e. The van der Waals surface area contributed by atoms with Crippen molar-refractivity contribution < 1.29 is 22.8 Å². The van der Waals surface area contributed by atoms with E-state index >= 15 is 0 Å². The number of fused-ring (bicyclic) bond motifs is 1. The van der Waals surface area contributed by atoms with Gasteiger partial charge in [0, 0.05) is 12.1 Å². The lowest BCUT2D eigenvalue weighted by Gasteiger charge is -2.20. The van der Waals surface area contributed by atoms with Crippen LogP contribution in [-0.4, -0.2) is 24.7 Å². The second-order valence-electron chi connectivity index (χ2n) is 5.13. The molecule has 3 amide bonds. The maximum Gasteiger partial charge on any atom is 0.405 e. The van der Waals surface area contributed by atoms with Gasteiger partial charge in [-0.3, -0.25) is 4.79 Å². The molecular formula is C14H16F3N3O2. The van der Waals surface area contributed by atoms with Crippen molar-refractivity contribution in [2.75, 3.05) is 11.9 Å². The highest BCUT2D eigenvalue weighted by molar-refractivity contribution is 5.93. The molecule has 1 aromatic carbocycles. The Hall–Kier alpha value is -2.25. The molecule has 0 fully saturated rings. The Morgan fingerprint density at radius 3 is 2.77 bits per heavy atom. The minimum Gasteiger partial charge on any atom is -0.332 e. The first kappa shape index (κ1) is 16.1. The molecule has 0 aromatic heterocycles. The normalized spacial score (nSPS) is 15.5. The zero-order valence-corrected chi connectivity index (χ0v) is 11.9. The molecule has 3 N–H and O–H groups in total. The Morgan fingerprint density at radius 2 is 2.09 bits per heavy atom. The maximum absolute atomic E-state index is 12.0. The molecule has 8 heteroatoms. The number of hydrogen-bond donors (Lipinski definition) is 3. The van der Waals surface area contributed by atoms with Gasteiger partial charge in [-0.2, -0.15) is 13.2 Å². The summed E-state index contributed by atoms with van der Waals surface area (Å²) >= 11 is 0. The standard InChI is InChI=1S/C14H16F3N3O2/c1-8(19-13(22)18-7-14(15,16)17)9-2-4-11-10(6-9)3-5-12(21)20-11/h2,4,6,8H,3,5,7H2,1H3,(H,20,21)(H2,18,19,22)/t8-/m1/s1. The minimum absolute atomic E-state index is 0.0436. The predicted molar refractivity (Wildman–Crippen MR) is 74.4 cm³/mol. The molecular weight excluding hydrogens is 299 g/mol. The van der Waals surface area contributed by atoms with Gasteiger partial charge in [0.25, 0.3) is 0 Å². The number of benzene rings is 1. The van der Waals surface area contributed by atoms with E-state index in [4.69, 9.17) is 0 Å². The third-order valence-corrected chi connectivity index (χ3v) is 3.32. The molecule has 0 spiro atoms. The molecule has 0 bridgehead atoms. The molecule has 0 saturated heterocycles. The molecule has 0 aliphatic carbocycles. The largest absolute Gasteiger partial charge is 0.405 e. The average molecular weight is 315 g/mol. The van der Waals surface area contributed by atoms with Crippen molar-refractivity contribution >= 4 is 17.6 Å². The summed E-state index contributed by atoms with van der Waals surface area (Å²) in [6, 6.07) is 3.96. The summed E-state index contributed by atoms with van der Waals surface area (Å²) in [5.74, 6) is -0.0436. The van der Waals surface area contributed by atoms with E-state index in [2.05, 4.69) is 10.6 Å². The van der Waals surface area contributed by atoms with Crippen LogP contribution in [0.5, 0.6) is 0 Å². The zero-order valence-electron chi connectivity index (χ0n) is 11.9. The van der Waals surface area contributed by atoms with Crippen molar-refractivity contribution in [1.82, 2.24) is 10.6 Å². The Kier molecular flexibility index (Phi) is 4.58. The quantitative estimate of drug-likeness (QED) is 0.802. The first-order valence-electron chi connectivity index (χ1n) is 6.78. The number of alkyl halides is 3. The lowest BCUT2D eigenvalue weighted by Crippen LogP contribution is -2.41. The number of amides is 3. The average Bonchev–Trinajstić information content (AvgIpc) is 2.43. The van der Waals surface area contributed by atoms with E-state index < -0.39 is 24.8 Å². The summed E-state index contributed by atoms with van der Waals surface area (Å²) in [4.78, 5) is 22.7. The fraction of sp³-hybridized carbons (Fsp3) is 0.429. The Balaban J connectivity index is 1.97. The van der Waals surface area contributed by atoms with Gasteiger partial charge in [0.1, 0.15) is 6.54 Å². The van der Waals surface area contributed by atoms with E-state index in [1.54, 1.807) is 24.4 Å². The lowest BCUT2D eigenvalue weighted by molar-refractivity contribution is -0.122. The second kappa shape index (κ2) is 6.25. The van der Waals surface area contributed by atoms with Gasteiger partial charge >= 0.3 is 12.2 Å². The topological polar surface area (TPSA) is 70.2 Å². The summed E-state index contributed by atoms with van der Waals surface area (Å²) < 4.78 is 36.1. The summed E-state index contributed by atoms with van der Waals surface area (Å²) in [6.45, 7) is 0.304. The van der Waals surface area contributed by atoms with Crippen LogP contribution in [0.3, 0.4) is 0 Å². The van der Waals surface area contributed by atoms with Crippen LogP contribution in [0.25, 0.3) is 0 Å². The van der Waals surface area contributed by atoms with Crippen LogP contribution in [0, 0.1) is 0 Å². The number of carbonyl (C=O) groups is 2. The zero-order chi connectivity index (χ0) is 16.3. The van der Waals surface area contributed by atoms with Gasteiger partial charge in [0.05, 0.1) is 6.04 Å². The van der Waals surface area contributed by atoms with Crippen molar-refractivity contribution in [3.05, 3.63) is 29.3 Å². The van der Waals surface area contributed by atoms with E-state index in [-0.39, 0.29) is 5.91 Å². The van der Waals surface area contributed by atoms with E-state index in [1.165, 1.54) is 0 Å². The van der Waals surface area contributed by atoms with Gasteiger partial charge in [0.2, 0.25) is 5.91 Å². The Labute approximate surface area is 125 Å². The molecule has 1 aliphatic rings. The molecule has 22 heavy (non-hydrogen) atoms. The van der Waals surface area contributed by atoms with Crippen LogP contribution in [0.2, 0.25) is 0 Å². The third-order valence-electron chi connectivity index (χ3n) is 3.32. The molecule has 5 nitrogen and oxygen atoms in total. The van der Waals surface area contributed by atoms with Gasteiger partial charge in [-0.15, -0.1) is 0 Å². The van der Waals surface area contributed by atoms with Gasteiger partial charge in [-0.25, -0.2) is 4.79 Å². The van der Waals surface area contributed by atoms with Crippen LogP contribution in [0.1, 0.15) is 30.5 Å². The molecule has 1 atom stereocenters. The van der Waals surface area contributed by atoms with Crippen molar-refractivity contribution in [3.8, 4) is 0 Å². The monoisotopic (exact) mass is 315 g/mol. The molecule has 2 rings (SSSR count). The van der Waals surface area contributed by atoms with Crippen LogP contribution in [-0.2, 0) is 11.2 Å². The predicted octanol–water partition coefficient (Wildman–Crippen LogP) is 2.49. The van der Waals surface area contributed by atoms with E-state index in [0.717, 1.165) is 16.8 Å². The number of carbonyl (C=O) groups excluding carboxylic acids is 2. The molecule has 1 aliphatic heterocycles. The summed E-state index contributed by atoms with van der Waals surface area (Å²) in [5.41, 5.74) is 2.44. The maximum atomic E-state index is 12.0. The number of aryl methyl sites for hydroxylation is 1. The molecule has 0 saturated carbocycles. The SMILES string of the molecule is C[C@@H](NC(=O)NCC(F)(F)F)c1ccc2c(c1)CCC(=O)N2. The minimum atomic E-state index is -4.44. The van der Waals surface area contributed by atoms with E-state index in [9.17, 15) is 22.8 Å². The number of urea groups is 1. The summed E-state index contributed by atoms with van der Waals surface area (Å²) in [5, 5.41) is 6.95. The Morgan fingerprint density at radius 1 is 1.36 bits per heavy atom. The number of rotatable bonds is 3. The van der Waals surface area contributed by atoms with E-state index in [0.29, 0.717) is 12.8 Å². The highest BCUT2D eigenvalue weighted by atomic mass is 19.4. The van der Waals surface area contributed by atoms with Crippen LogP contribution in [0.15, 0.2) is 18.2 Å². The van der Waals surface area contributed by atoms with Gasteiger partial charge in [0.15, 0.2) is 0 Å². The number of anilines is 1. The molecule has 0 radical (unpaired) electrons. The Bertz CT molecular complexity index is 587. The van der Waals surface area contributed by atoms with Gasteiger partial charge in [-0.1, -0.05) is 12.1 Å². The fourth-order valence-corrected chi connectivity index (χ4v) is 2.18. The van der Waals surface area contributed by atoms with Crippen molar-refractivity contribution in [2.24, 2.45) is 0 Å². The number of nitrogens with one attached hydrogen (secondary N) is 3. The van der Waals surface area contributed by atoms with Crippen molar-refractivity contribution in [1.29, 1.82) is 0 Å². The van der Waals surface area contributed by atoms with Crippen LogP contribution < -0.4 is 16.0 Å². The highest BCUT2D eigenvalue weighted by Gasteiger charge is 2.28. The van der Waals surface area contributed by atoms with Crippen molar-refractivity contribution in [2.45, 2.75) is 32.0 Å². The first-order chi connectivity index (χ1) is 10.2. The van der Waals surface area contributed by atoms with Crippen molar-refractivity contribution in [3.63, 3.8) is 0 Å². The third kappa shape index (κ3) is 4.37. The molecule has 120 valence electrons. The highest BCUT2D eigenvalue weighted by Crippen LogP contribution is 2.26. The number of halogens is 3. The van der Waals surface area contributed by atoms with E-state index in [1.807, 2.05) is 6.07 Å². The number of hydrogen-bond acceptors (Lipinski definition) is 2. The molecule has 1 aromatic rings. The molecule has 0 unspecified atom stereocenters. The molecule has 1 heterocycles. The van der Waals surface area contributed by atoms with Gasteiger partial charge in [-0.05, 0) is 30.5 Å². The summed E-state index contributed by atoms with van der Waals surface area (Å²) in [6.07, 6.45) is -3.45. The van der Waals surface area contributed by atoms with Crippen LogP contribution >= 0.6 is 0 Å².